The first-order chi connectivity index (χ1) is 14.4. The highest BCUT2D eigenvalue weighted by molar-refractivity contribution is 7.99. The second-order valence-corrected chi connectivity index (χ2v) is 11.0. The lowest BCUT2D eigenvalue weighted by atomic mass is 10.0. The number of carbonyl (C=O) groups excluding carboxylic acids is 1. The highest BCUT2D eigenvalue weighted by Crippen LogP contribution is 2.31. The van der Waals surface area contributed by atoms with Gasteiger partial charge in [-0.2, -0.15) is 0 Å². The largest absolute Gasteiger partial charge is 0.311 e. The molecule has 0 saturated heterocycles. The Balaban J connectivity index is 1.49. The molecule has 0 spiro atoms. The molecule has 30 heavy (non-hydrogen) atoms. The van der Waals surface area contributed by atoms with E-state index in [9.17, 15) is 13.2 Å². The van der Waals surface area contributed by atoms with Gasteiger partial charge in [0.15, 0.2) is 5.16 Å². The number of hydrogen-bond donors (Lipinski definition) is 0. The average Bonchev–Trinajstić information content (AvgIpc) is 2.96. The van der Waals surface area contributed by atoms with E-state index < -0.39 is 10.0 Å². The van der Waals surface area contributed by atoms with Crippen molar-refractivity contribution >= 4 is 33.4 Å². The molecule has 1 amide bonds. The van der Waals surface area contributed by atoms with Gasteiger partial charge in [-0.05, 0) is 49.4 Å². The molecule has 1 aromatic carbocycles. The van der Waals surface area contributed by atoms with Crippen molar-refractivity contribution in [1.82, 2.24) is 19.1 Å². The number of sulfonamides is 1. The SMILES string of the molecule is CN(C)S(=O)(=O)c1ccc2c(c1)CCCN2C(=O)CSc1nnc2n1CCCCC2. The number of aryl methyl sites for hydroxylation is 2. The van der Waals surface area contributed by atoms with Gasteiger partial charge in [0.2, 0.25) is 15.9 Å². The quantitative estimate of drug-likeness (QED) is 0.651. The van der Waals surface area contributed by atoms with Crippen LogP contribution >= 0.6 is 11.8 Å². The van der Waals surface area contributed by atoms with Crippen molar-refractivity contribution in [2.45, 2.75) is 55.1 Å². The third-order valence-electron chi connectivity index (χ3n) is 5.65. The maximum Gasteiger partial charge on any atom is 0.242 e. The van der Waals surface area contributed by atoms with Crippen molar-refractivity contribution in [3.05, 3.63) is 29.6 Å². The van der Waals surface area contributed by atoms with E-state index in [1.54, 1.807) is 23.1 Å². The third-order valence-corrected chi connectivity index (χ3v) is 8.41. The Labute approximate surface area is 181 Å². The van der Waals surface area contributed by atoms with Gasteiger partial charge in [-0.25, -0.2) is 12.7 Å². The first kappa shape index (κ1) is 21.3. The molecule has 2 aliphatic rings. The molecule has 0 bridgehead atoms. The van der Waals surface area contributed by atoms with Crippen molar-refractivity contribution in [1.29, 1.82) is 0 Å². The van der Waals surface area contributed by atoms with Gasteiger partial charge in [0.1, 0.15) is 5.82 Å². The number of amides is 1. The van der Waals surface area contributed by atoms with E-state index in [1.807, 2.05) is 0 Å². The Bertz CT molecular complexity index is 1050. The number of hydrogen-bond acceptors (Lipinski definition) is 6. The van der Waals surface area contributed by atoms with Gasteiger partial charge in [0.25, 0.3) is 0 Å². The number of carbonyl (C=O) groups is 1. The highest BCUT2D eigenvalue weighted by atomic mass is 32.2. The molecule has 0 unspecified atom stereocenters. The Kier molecular flexibility index (Phi) is 6.17. The number of nitrogens with zero attached hydrogens (tertiary/aromatic N) is 5. The fourth-order valence-corrected chi connectivity index (χ4v) is 5.79. The van der Waals surface area contributed by atoms with Gasteiger partial charge >= 0.3 is 0 Å². The van der Waals surface area contributed by atoms with Crippen LogP contribution in [0.4, 0.5) is 5.69 Å². The van der Waals surface area contributed by atoms with Crippen molar-refractivity contribution in [3.63, 3.8) is 0 Å². The predicted octanol–water partition coefficient (Wildman–Crippen LogP) is 2.33. The summed E-state index contributed by atoms with van der Waals surface area (Å²) in [6, 6.07) is 5.05. The normalized spacial score (nSPS) is 16.8. The van der Waals surface area contributed by atoms with Crippen molar-refractivity contribution in [3.8, 4) is 0 Å². The molecule has 2 aliphatic heterocycles. The summed E-state index contributed by atoms with van der Waals surface area (Å²) in [5, 5.41) is 9.40. The molecule has 1 aromatic heterocycles. The van der Waals surface area contributed by atoms with E-state index in [1.165, 1.54) is 36.6 Å². The van der Waals surface area contributed by atoms with Crippen LogP contribution in [0.2, 0.25) is 0 Å². The Morgan fingerprint density at radius 3 is 2.73 bits per heavy atom. The van der Waals surface area contributed by atoms with Crippen LogP contribution in [-0.4, -0.2) is 59.8 Å². The smallest absolute Gasteiger partial charge is 0.242 e. The molecule has 0 saturated carbocycles. The lowest BCUT2D eigenvalue weighted by Crippen LogP contribution is -2.37. The van der Waals surface area contributed by atoms with Crippen LogP contribution in [0.1, 0.15) is 37.1 Å². The van der Waals surface area contributed by atoms with Crippen LogP contribution in [0.5, 0.6) is 0 Å². The van der Waals surface area contributed by atoms with Gasteiger partial charge in [-0.1, -0.05) is 18.2 Å². The molecule has 0 fully saturated rings. The maximum atomic E-state index is 13.0. The highest BCUT2D eigenvalue weighted by Gasteiger charge is 2.26. The third kappa shape index (κ3) is 4.13. The van der Waals surface area contributed by atoms with E-state index in [2.05, 4.69) is 14.8 Å². The van der Waals surface area contributed by atoms with Crippen LogP contribution in [0.3, 0.4) is 0 Å². The molecule has 0 N–H and O–H groups in total. The summed E-state index contributed by atoms with van der Waals surface area (Å²) in [6.45, 7) is 1.55. The molecule has 2 aromatic rings. The molecule has 0 atom stereocenters. The Morgan fingerprint density at radius 2 is 1.93 bits per heavy atom. The molecular formula is C20H27N5O3S2. The average molecular weight is 450 g/mol. The van der Waals surface area contributed by atoms with Crippen molar-refractivity contribution in [2.24, 2.45) is 0 Å². The summed E-state index contributed by atoms with van der Waals surface area (Å²) in [6.07, 6.45) is 5.97. The van der Waals surface area contributed by atoms with Crippen LogP contribution in [-0.2, 0) is 34.2 Å². The molecule has 10 heteroatoms. The van der Waals surface area contributed by atoms with Crippen LogP contribution in [0, 0.1) is 0 Å². The predicted molar refractivity (Wildman–Crippen MR) is 116 cm³/mol. The number of fused-ring (bicyclic) bond motifs is 2. The Hall–Kier alpha value is -1.91. The summed E-state index contributed by atoms with van der Waals surface area (Å²) < 4.78 is 28.2. The summed E-state index contributed by atoms with van der Waals surface area (Å²) in [7, 11) is -0.450. The van der Waals surface area contributed by atoms with Gasteiger partial charge in [-0.3, -0.25) is 4.79 Å². The van der Waals surface area contributed by atoms with Crippen LogP contribution in [0.25, 0.3) is 0 Å². The van der Waals surface area contributed by atoms with Gasteiger partial charge < -0.3 is 9.47 Å². The maximum absolute atomic E-state index is 13.0. The summed E-state index contributed by atoms with van der Waals surface area (Å²) >= 11 is 1.43. The van der Waals surface area contributed by atoms with Gasteiger partial charge in [-0.15, -0.1) is 10.2 Å². The summed E-state index contributed by atoms with van der Waals surface area (Å²) in [5.74, 6) is 1.31. The zero-order valence-corrected chi connectivity index (χ0v) is 19.0. The molecule has 162 valence electrons. The zero-order chi connectivity index (χ0) is 21.3. The van der Waals surface area contributed by atoms with E-state index in [0.29, 0.717) is 6.54 Å². The van der Waals surface area contributed by atoms with E-state index >= 15 is 0 Å². The number of aromatic nitrogens is 3. The lowest BCUT2D eigenvalue weighted by molar-refractivity contribution is -0.116. The monoisotopic (exact) mass is 449 g/mol. The van der Waals surface area contributed by atoms with Gasteiger partial charge in [0, 0.05) is 39.3 Å². The second-order valence-electron chi connectivity index (χ2n) is 7.88. The molecule has 0 aliphatic carbocycles. The minimum Gasteiger partial charge on any atom is -0.311 e. The first-order valence-electron chi connectivity index (χ1n) is 10.3. The van der Waals surface area contributed by atoms with Crippen LogP contribution in [0.15, 0.2) is 28.3 Å². The fraction of sp³-hybridized carbons (Fsp3) is 0.550. The number of benzene rings is 1. The van der Waals surface area contributed by atoms with Crippen molar-refractivity contribution < 1.29 is 13.2 Å². The fourth-order valence-electron chi connectivity index (χ4n) is 3.97. The number of anilines is 1. The summed E-state index contributed by atoms with van der Waals surface area (Å²) in [5.41, 5.74) is 1.71. The topological polar surface area (TPSA) is 88.4 Å². The zero-order valence-electron chi connectivity index (χ0n) is 17.4. The van der Waals surface area contributed by atoms with Crippen LogP contribution < -0.4 is 4.90 Å². The number of rotatable bonds is 5. The minimum atomic E-state index is -3.49. The van der Waals surface area contributed by atoms with E-state index in [0.717, 1.165) is 60.9 Å². The number of thioether (sulfide) groups is 1. The molecule has 0 radical (unpaired) electrons. The molecular weight excluding hydrogens is 422 g/mol. The summed E-state index contributed by atoms with van der Waals surface area (Å²) in [4.78, 5) is 15.0. The second kappa shape index (κ2) is 8.68. The van der Waals surface area contributed by atoms with E-state index in [-0.39, 0.29) is 16.6 Å². The van der Waals surface area contributed by atoms with E-state index in [4.69, 9.17) is 0 Å². The molecule has 3 heterocycles. The Morgan fingerprint density at radius 1 is 1.10 bits per heavy atom. The van der Waals surface area contributed by atoms with Crippen molar-refractivity contribution in [2.75, 3.05) is 31.3 Å². The standard InChI is InChI=1S/C20H27N5O3S2/c1-23(2)30(27,28)16-9-10-17-15(13-16)7-6-12-24(17)19(26)14-29-20-22-21-18-8-4-3-5-11-25(18)20/h9-10,13H,3-8,11-12,14H2,1-2H3. The molecule has 8 nitrogen and oxygen atoms in total. The van der Waals surface area contributed by atoms with Gasteiger partial charge in [0.05, 0.1) is 10.6 Å². The first-order valence-corrected chi connectivity index (χ1v) is 12.7. The molecule has 4 rings (SSSR count). The minimum absolute atomic E-state index is 0.00939. The lowest BCUT2D eigenvalue weighted by Gasteiger charge is -2.30.